The minimum atomic E-state index is -0.941. The molecule has 0 atom stereocenters. The minimum absolute atomic E-state index is 0.250. The first kappa shape index (κ1) is 14.0. The molecule has 0 spiro atoms. The van der Waals surface area contributed by atoms with Crippen LogP contribution in [0.25, 0.3) is 0 Å². The zero-order valence-electron chi connectivity index (χ0n) is 10.1. The SMILES string of the molecule is CC(C)CCCOc1ccc(C(=O)O)c(Br)c1. The third-order valence-corrected chi connectivity index (χ3v) is 3.02. The second kappa shape index (κ2) is 6.64. The Bertz CT molecular complexity index is 388. The lowest BCUT2D eigenvalue weighted by Gasteiger charge is -2.08. The van der Waals surface area contributed by atoms with Crippen LogP contribution in [0.2, 0.25) is 0 Å². The molecule has 0 saturated heterocycles. The van der Waals surface area contributed by atoms with E-state index in [-0.39, 0.29) is 5.56 Å². The second-order valence-corrected chi connectivity index (χ2v) is 5.19. The van der Waals surface area contributed by atoms with Crippen LogP contribution in [-0.2, 0) is 0 Å². The maximum Gasteiger partial charge on any atom is 0.336 e. The fourth-order valence-corrected chi connectivity index (χ4v) is 1.97. The van der Waals surface area contributed by atoms with Gasteiger partial charge in [-0.3, -0.25) is 0 Å². The van der Waals surface area contributed by atoms with Crippen LogP contribution in [-0.4, -0.2) is 17.7 Å². The highest BCUT2D eigenvalue weighted by Crippen LogP contribution is 2.23. The lowest BCUT2D eigenvalue weighted by Crippen LogP contribution is -2.01. The van der Waals surface area contributed by atoms with Gasteiger partial charge in [-0.1, -0.05) is 13.8 Å². The minimum Gasteiger partial charge on any atom is -0.494 e. The van der Waals surface area contributed by atoms with Gasteiger partial charge in [-0.2, -0.15) is 0 Å². The van der Waals surface area contributed by atoms with E-state index >= 15 is 0 Å². The molecule has 0 aromatic heterocycles. The number of carboxylic acid groups (broad SMARTS) is 1. The van der Waals surface area contributed by atoms with Crippen LogP contribution in [0.5, 0.6) is 5.75 Å². The van der Waals surface area contributed by atoms with Crippen molar-refractivity contribution in [3.05, 3.63) is 28.2 Å². The number of benzene rings is 1. The number of carboxylic acids is 1. The van der Waals surface area contributed by atoms with E-state index in [1.54, 1.807) is 18.2 Å². The van der Waals surface area contributed by atoms with Crippen molar-refractivity contribution in [2.75, 3.05) is 6.61 Å². The van der Waals surface area contributed by atoms with Crippen LogP contribution in [0.15, 0.2) is 22.7 Å². The molecular weight excluding hydrogens is 284 g/mol. The van der Waals surface area contributed by atoms with Crippen LogP contribution in [0.1, 0.15) is 37.0 Å². The van der Waals surface area contributed by atoms with Gasteiger partial charge in [0, 0.05) is 4.47 Å². The molecule has 0 radical (unpaired) electrons. The van der Waals surface area contributed by atoms with E-state index < -0.39 is 5.97 Å². The Labute approximate surface area is 110 Å². The van der Waals surface area contributed by atoms with E-state index in [4.69, 9.17) is 9.84 Å². The van der Waals surface area contributed by atoms with Gasteiger partial charge in [0.1, 0.15) is 5.75 Å². The molecule has 0 aliphatic rings. The smallest absolute Gasteiger partial charge is 0.336 e. The Kier molecular flexibility index (Phi) is 5.48. The van der Waals surface area contributed by atoms with Crippen molar-refractivity contribution in [2.24, 2.45) is 5.92 Å². The molecular formula is C13H17BrO3. The molecule has 3 nitrogen and oxygen atoms in total. The van der Waals surface area contributed by atoms with Crippen molar-refractivity contribution in [3.63, 3.8) is 0 Å². The summed E-state index contributed by atoms with van der Waals surface area (Å²) in [4.78, 5) is 10.8. The lowest BCUT2D eigenvalue weighted by molar-refractivity contribution is 0.0696. The van der Waals surface area contributed by atoms with Gasteiger partial charge in [0.25, 0.3) is 0 Å². The predicted molar refractivity (Wildman–Crippen MR) is 70.7 cm³/mol. The van der Waals surface area contributed by atoms with Crippen LogP contribution in [0.3, 0.4) is 0 Å². The first-order chi connectivity index (χ1) is 8.00. The van der Waals surface area contributed by atoms with E-state index in [0.717, 1.165) is 12.8 Å². The Morgan fingerprint density at radius 1 is 1.47 bits per heavy atom. The quantitative estimate of drug-likeness (QED) is 0.809. The highest BCUT2D eigenvalue weighted by Gasteiger charge is 2.08. The topological polar surface area (TPSA) is 46.5 Å². The Morgan fingerprint density at radius 2 is 2.18 bits per heavy atom. The summed E-state index contributed by atoms with van der Waals surface area (Å²) in [6.07, 6.45) is 2.14. The fraction of sp³-hybridized carbons (Fsp3) is 0.462. The van der Waals surface area contributed by atoms with Gasteiger partial charge in [-0.05, 0) is 52.9 Å². The number of hydrogen-bond acceptors (Lipinski definition) is 2. The summed E-state index contributed by atoms with van der Waals surface area (Å²) in [5.41, 5.74) is 0.250. The molecule has 0 saturated carbocycles. The molecule has 0 amide bonds. The number of rotatable bonds is 6. The number of halogens is 1. The zero-order valence-corrected chi connectivity index (χ0v) is 11.7. The molecule has 0 heterocycles. The Morgan fingerprint density at radius 3 is 2.71 bits per heavy atom. The predicted octanol–water partition coefficient (Wildman–Crippen LogP) is 3.96. The van der Waals surface area contributed by atoms with Crippen molar-refractivity contribution in [3.8, 4) is 5.75 Å². The largest absolute Gasteiger partial charge is 0.494 e. The van der Waals surface area contributed by atoms with Crippen LogP contribution >= 0.6 is 15.9 Å². The molecule has 4 heteroatoms. The van der Waals surface area contributed by atoms with E-state index in [1.165, 1.54) is 0 Å². The summed E-state index contributed by atoms with van der Waals surface area (Å²) in [5.74, 6) is 0.439. The van der Waals surface area contributed by atoms with Crippen LogP contribution in [0.4, 0.5) is 0 Å². The van der Waals surface area contributed by atoms with Crippen molar-refractivity contribution in [1.29, 1.82) is 0 Å². The van der Waals surface area contributed by atoms with E-state index in [2.05, 4.69) is 29.8 Å². The molecule has 1 aromatic rings. The molecule has 1 N–H and O–H groups in total. The third kappa shape index (κ3) is 4.77. The molecule has 17 heavy (non-hydrogen) atoms. The lowest BCUT2D eigenvalue weighted by atomic mass is 10.1. The summed E-state index contributed by atoms with van der Waals surface area (Å²) in [6, 6.07) is 4.92. The van der Waals surface area contributed by atoms with Crippen LogP contribution in [0, 0.1) is 5.92 Å². The Hall–Kier alpha value is -1.03. The highest BCUT2D eigenvalue weighted by atomic mass is 79.9. The van der Waals surface area contributed by atoms with Crippen molar-refractivity contribution in [1.82, 2.24) is 0 Å². The number of aromatic carboxylic acids is 1. The molecule has 0 fully saturated rings. The van der Waals surface area contributed by atoms with Gasteiger partial charge in [-0.15, -0.1) is 0 Å². The molecule has 0 unspecified atom stereocenters. The molecule has 0 aliphatic heterocycles. The summed E-state index contributed by atoms with van der Waals surface area (Å²) < 4.78 is 6.10. The molecule has 1 aromatic carbocycles. The van der Waals surface area contributed by atoms with Gasteiger partial charge in [0.15, 0.2) is 0 Å². The van der Waals surface area contributed by atoms with Crippen molar-refractivity contribution < 1.29 is 14.6 Å². The summed E-state index contributed by atoms with van der Waals surface area (Å²) in [5, 5.41) is 8.86. The fourth-order valence-electron chi connectivity index (χ4n) is 1.44. The van der Waals surface area contributed by atoms with E-state index in [9.17, 15) is 4.79 Å². The molecule has 1 rings (SSSR count). The van der Waals surface area contributed by atoms with Gasteiger partial charge < -0.3 is 9.84 Å². The first-order valence-electron chi connectivity index (χ1n) is 5.66. The number of carbonyl (C=O) groups is 1. The maximum absolute atomic E-state index is 10.8. The highest BCUT2D eigenvalue weighted by molar-refractivity contribution is 9.10. The van der Waals surface area contributed by atoms with Crippen molar-refractivity contribution >= 4 is 21.9 Å². The molecule has 0 bridgehead atoms. The normalized spacial score (nSPS) is 10.6. The average Bonchev–Trinajstić information content (AvgIpc) is 2.23. The standard InChI is InChI=1S/C13H17BrO3/c1-9(2)4-3-7-17-10-5-6-11(13(15)16)12(14)8-10/h5-6,8-9H,3-4,7H2,1-2H3,(H,15,16). The van der Waals surface area contributed by atoms with Gasteiger partial charge >= 0.3 is 5.97 Å². The summed E-state index contributed by atoms with van der Waals surface area (Å²) in [7, 11) is 0. The number of hydrogen-bond donors (Lipinski definition) is 1. The Balaban J connectivity index is 2.50. The number of ether oxygens (including phenoxy) is 1. The van der Waals surface area contributed by atoms with Crippen LogP contribution < -0.4 is 4.74 Å². The van der Waals surface area contributed by atoms with E-state index in [1.807, 2.05) is 0 Å². The van der Waals surface area contributed by atoms with Gasteiger partial charge in [0.05, 0.1) is 12.2 Å². The monoisotopic (exact) mass is 300 g/mol. The average molecular weight is 301 g/mol. The summed E-state index contributed by atoms with van der Waals surface area (Å²) >= 11 is 3.22. The van der Waals surface area contributed by atoms with Gasteiger partial charge in [0.2, 0.25) is 0 Å². The van der Waals surface area contributed by atoms with E-state index in [0.29, 0.717) is 22.7 Å². The zero-order chi connectivity index (χ0) is 12.8. The maximum atomic E-state index is 10.8. The molecule has 0 aliphatic carbocycles. The first-order valence-corrected chi connectivity index (χ1v) is 6.45. The summed E-state index contributed by atoms with van der Waals surface area (Å²) in [6.45, 7) is 5.02. The third-order valence-electron chi connectivity index (χ3n) is 2.37. The molecule has 94 valence electrons. The van der Waals surface area contributed by atoms with Gasteiger partial charge in [-0.25, -0.2) is 4.79 Å². The van der Waals surface area contributed by atoms with Crippen molar-refractivity contribution in [2.45, 2.75) is 26.7 Å². The second-order valence-electron chi connectivity index (χ2n) is 4.33.